The molecular formula is C17H29NO3. The molecule has 1 rings (SSSR count). The molecule has 0 radical (unpaired) electrons. The normalized spacial score (nSPS) is 11.6. The first-order valence-corrected chi connectivity index (χ1v) is 7.65. The van der Waals surface area contributed by atoms with Crippen molar-refractivity contribution in [2.45, 2.75) is 39.8 Å². The molecule has 0 heterocycles. The fraction of sp³-hybridized carbons (Fsp3) is 0.647. The predicted octanol–water partition coefficient (Wildman–Crippen LogP) is 3.01. The van der Waals surface area contributed by atoms with Gasteiger partial charge < -0.3 is 19.5 Å². The molecule has 0 aromatic heterocycles. The van der Waals surface area contributed by atoms with Crippen molar-refractivity contribution in [3.63, 3.8) is 0 Å². The Morgan fingerprint density at radius 1 is 1.05 bits per heavy atom. The van der Waals surface area contributed by atoms with Gasteiger partial charge in [0.05, 0.1) is 25.4 Å². The smallest absolute Gasteiger partial charge is 0.119 e. The van der Waals surface area contributed by atoms with E-state index in [1.54, 1.807) is 0 Å². The monoisotopic (exact) mass is 295 g/mol. The van der Waals surface area contributed by atoms with E-state index in [-0.39, 0.29) is 5.60 Å². The van der Waals surface area contributed by atoms with Crippen LogP contribution < -0.4 is 10.1 Å². The standard InChI is InChI=1S/C17H29NO3/c1-5-18-14-15-7-6-8-16(13-15)20-11-9-19-10-12-21-17(2,3)4/h6-8,13,18H,5,9-12,14H2,1-4H3. The van der Waals surface area contributed by atoms with Gasteiger partial charge in [-0.15, -0.1) is 0 Å². The Morgan fingerprint density at radius 3 is 2.52 bits per heavy atom. The van der Waals surface area contributed by atoms with Gasteiger partial charge >= 0.3 is 0 Å². The van der Waals surface area contributed by atoms with Crippen LogP contribution in [0, 0.1) is 0 Å². The Labute approximate surface area is 128 Å². The number of hydrogen-bond acceptors (Lipinski definition) is 4. The molecular weight excluding hydrogens is 266 g/mol. The third-order valence-electron chi connectivity index (χ3n) is 2.74. The average molecular weight is 295 g/mol. The molecule has 0 amide bonds. The van der Waals surface area contributed by atoms with Gasteiger partial charge in [0, 0.05) is 6.54 Å². The zero-order chi connectivity index (χ0) is 15.6. The number of ether oxygens (including phenoxy) is 3. The Kier molecular flexibility index (Phi) is 8.35. The third-order valence-corrected chi connectivity index (χ3v) is 2.74. The molecule has 1 N–H and O–H groups in total. The maximum Gasteiger partial charge on any atom is 0.119 e. The van der Waals surface area contributed by atoms with E-state index < -0.39 is 0 Å². The average Bonchev–Trinajstić information content (AvgIpc) is 2.43. The second kappa shape index (κ2) is 9.77. The molecule has 0 unspecified atom stereocenters. The van der Waals surface area contributed by atoms with Crippen LogP contribution in [0.1, 0.15) is 33.3 Å². The van der Waals surface area contributed by atoms with Crippen molar-refractivity contribution < 1.29 is 14.2 Å². The summed E-state index contributed by atoms with van der Waals surface area (Å²) in [5.74, 6) is 0.889. The van der Waals surface area contributed by atoms with Gasteiger partial charge in [-0.25, -0.2) is 0 Å². The molecule has 0 aliphatic carbocycles. The summed E-state index contributed by atoms with van der Waals surface area (Å²) < 4.78 is 16.7. The highest BCUT2D eigenvalue weighted by Crippen LogP contribution is 2.13. The van der Waals surface area contributed by atoms with Crippen LogP contribution in [0.5, 0.6) is 5.75 Å². The quantitative estimate of drug-likeness (QED) is 0.674. The van der Waals surface area contributed by atoms with E-state index in [0.29, 0.717) is 26.4 Å². The summed E-state index contributed by atoms with van der Waals surface area (Å²) in [5.41, 5.74) is 1.13. The van der Waals surface area contributed by atoms with Crippen molar-refractivity contribution >= 4 is 0 Å². The van der Waals surface area contributed by atoms with Crippen molar-refractivity contribution in [1.82, 2.24) is 5.32 Å². The summed E-state index contributed by atoms with van der Waals surface area (Å²) in [6.45, 7) is 12.4. The predicted molar refractivity (Wildman–Crippen MR) is 85.8 cm³/mol. The largest absolute Gasteiger partial charge is 0.491 e. The topological polar surface area (TPSA) is 39.7 Å². The van der Waals surface area contributed by atoms with Gasteiger partial charge in [-0.2, -0.15) is 0 Å². The number of rotatable bonds is 10. The van der Waals surface area contributed by atoms with E-state index in [9.17, 15) is 0 Å². The lowest BCUT2D eigenvalue weighted by Gasteiger charge is -2.19. The third kappa shape index (κ3) is 9.45. The van der Waals surface area contributed by atoms with Gasteiger partial charge in [-0.3, -0.25) is 0 Å². The molecule has 0 bridgehead atoms. The first kappa shape index (κ1) is 18.0. The summed E-state index contributed by atoms with van der Waals surface area (Å²) in [5, 5.41) is 3.30. The van der Waals surface area contributed by atoms with Gasteiger partial charge in [0.1, 0.15) is 12.4 Å². The van der Waals surface area contributed by atoms with Crippen LogP contribution in [0.4, 0.5) is 0 Å². The zero-order valence-corrected chi connectivity index (χ0v) is 13.8. The molecule has 4 nitrogen and oxygen atoms in total. The Morgan fingerprint density at radius 2 is 1.81 bits per heavy atom. The molecule has 1 aromatic carbocycles. The van der Waals surface area contributed by atoms with Gasteiger partial charge in [0.2, 0.25) is 0 Å². The maximum absolute atomic E-state index is 5.68. The van der Waals surface area contributed by atoms with Crippen LogP contribution >= 0.6 is 0 Å². The Balaban J connectivity index is 2.12. The lowest BCUT2D eigenvalue weighted by molar-refractivity contribution is -0.0375. The van der Waals surface area contributed by atoms with E-state index in [4.69, 9.17) is 14.2 Å². The molecule has 0 saturated carbocycles. The van der Waals surface area contributed by atoms with Crippen LogP contribution in [0.15, 0.2) is 24.3 Å². The molecule has 120 valence electrons. The number of nitrogens with one attached hydrogen (secondary N) is 1. The summed E-state index contributed by atoms with van der Waals surface area (Å²) in [4.78, 5) is 0. The SMILES string of the molecule is CCNCc1cccc(OCCOCCOC(C)(C)C)c1. The molecule has 0 aliphatic rings. The fourth-order valence-corrected chi connectivity index (χ4v) is 1.74. The minimum atomic E-state index is -0.104. The van der Waals surface area contributed by atoms with Crippen molar-refractivity contribution in [2.24, 2.45) is 0 Å². The van der Waals surface area contributed by atoms with Crippen LogP contribution in [-0.2, 0) is 16.0 Å². The van der Waals surface area contributed by atoms with Crippen LogP contribution in [0.25, 0.3) is 0 Å². The van der Waals surface area contributed by atoms with Crippen LogP contribution in [0.3, 0.4) is 0 Å². The Bertz CT molecular complexity index is 388. The second-order valence-corrected chi connectivity index (χ2v) is 5.85. The highest BCUT2D eigenvalue weighted by molar-refractivity contribution is 5.28. The molecule has 0 fully saturated rings. The maximum atomic E-state index is 5.68. The molecule has 0 aliphatic heterocycles. The van der Waals surface area contributed by atoms with E-state index in [0.717, 1.165) is 18.8 Å². The fourth-order valence-electron chi connectivity index (χ4n) is 1.74. The van der Waals surface area contributed by atoms with E-state index in [1.165, 1.54) is 5.56 Å². The van der Waals surface area contributed by atoms with E-state index in [1.807, 2.05) is 32.9 Å². The molecule has 4 heteroatoms. The van der Waals surface area contributed by atoms with Crippen molar-refractivity contribution in [3.05, 3.63) is 29.8 Å². The lowest BCUT2D eigenvalue weighted by Crippen LogP contribution is -2.22. The van der Waals surface area contributed by atoms with Gasteiger partial charge in [0.25, 0.3) is 0 Å². The molecule has 1 aromatic rings. The van der Waals surface area contributed by atoms with Gasteiger partial charge in [-0.05, 0) is 45.0 Å². The summed E-state index contributed by atoms with van der Waals surface area (Å²) in [6.07, 6.45) is 0. The summed E-state index contributed by atoms with van der Waals surface area (Å²) in [7, 11) is 0. The van der Waals surface area contributed by atoms with Crippen molar-refractivity contribution in [3.8, 4) is 5.75 Å². The minimum Gasteiger partial charge on any atom is -0.491 e. The van der Waals surface area contributed by atoms with Gasteiger partial charge in [-0.1, -0.05) is 19.1 Å². The lowest BCUT2D eigenvalue weighted by atomic mass is 10.2. The highest BCUT2D eigenvalue weighted by Gasteiger charge is 2.08. The molecule has 0 spiro atoms. The summed E-state index contributed by atoms with van der Waals surface area (Å²) >= 11 is 0. The first-order valence-electron chi connectivity index (χ1n) is 7.65. The zero-order valence-electron chi connectivity index (χ0n) is 13.8. The van der Waals surface area contributed by atoms with Crippen LogP contribution in [-0.4, -0.2) is 38.6 Å². The van der Waals surface area contributed by atoms with Gasteiger partial charge in [0.15, 0.2) is 0 Å². The first-order chi connectivity index (χ1) is 10.0. The van der Waals surface area contributed by atoms with E-state index >= 15 is 0 Å². The summed E-state index contributed by atoms with van der Waals surface area (Å²) in [6, 6.07) is 8.14. The highest BCUT2D eigenvalue weighted by atomic mass is 16.5. The number of benzene rings is 1. The molecule has 0 saturated heterocycles. The van der Waals surface area contributed by atoms with E-state index in [2.05, 4.69) is 24.4 Å². The molecule has 0 atom stereocenters. The minimum absolute atomic E-state index is 0.104. The van der Waals surface area contributed by atoms with Crippen molar-refractivity contribution in [1.29, 1.82) is 0 Å². The molecule has 21 heavy (non-hydrogen) atoms. The van der Waals surface area contributed by atoms with Crippen molar-refractivity contribution in [2.75, 3.05) is 33.0 Å². The number of hydrogen-bond donors (Lipinski definition) is 1. The Hall–Kier alpha value is -1.10. The van der Waals surface area contributed by atoms with Crippen LogP contribution in [0.2, 0.25) is 0 Å². The second-order valence-electron chi connectivity index (χ2n) is 5.85.